The summed E-state index contributed by atoms with van der Waals surface area (Å²) in [6, 6.07) is 0. The molecule has 0 spiro atoms. The summed E-state index contributed by atoms with van der Waals surface area (Å²) >= 11 is 1.12. The minimum Gasteiger partial charge on any atom is -0.386 e. The molecule has 0 aliphatic carbocycles. The van der Waals surface area contributed by atoms with Gasteiger partial charge in [0.2, 0.25) is 11.8 Å². The number of aromatic nitrogens is 4. The van der Waals surface area contributed by atoms with Crippen LogP contribution >= 0.6 is 35.2 Å². The number of amides is 2. The molecule has 1 saturated heterocycles. The second kappa shape index (κ2) is 20.5. The molecule has 318 valence electrons. The maximum Gasteiger partial charge on any atom is 0.481 e. The van der Waals surface area contributed by atoms with Gasteiger partial charge in [-0.15, -0.1) is 0 Å². The summed E-state index contributed by atoms with van der Waals surface area (Å²) in [4.78, 5) is 87.5. The molecule has 1 aliphatic heterocycles. The van der Waals surface area contributed by atoms with Crippen LogP contribution in [0.1, 0.15) is 59.6 Å². The van der Waals surface area contributed by atoms with Crippen LogP contribution in [-0.4, -0.2) is 123 Å². The van der Waals surface area contributed by atoms with Crippen LogP contribution in [0.15, 0.2) is 12.7 Å². The molecule has 56 heavy (non-hydrogen) atoms. The topological polar surface area (TPSA) is 364 Å². The Labute approximate surface area is 325 Å². The standard InChI is InChI=1S/C28H48N7O17P3S/c1-16(2)6-5-7-19(37)56-11-10-30-18(36)8-9-31-26(40)23(39)28(3,4)13-49-55(46,47)52-54(44,45)48-12-17-22(51-53(41,42)43)21(38)27(50-17)35-15-34-20-24(29)32-14-33-25(20)35/h14-17,21-23,27,38-39H,5-13H2,1-4H3,(H,30,36)(H,31,40)(H,44,45)(H,46,47)(H2,29,32,33)(H2,41,42,43)/t17-,21-,22-,23+,27-/m0/s1. The number of phosphoric acid groups is 3. The van der Waals surface area contributed by atoms with E-state index in [4.69, 9.17) is 19.5 Å². The molecule has 0 radical (unpaired) electrons. The summed E-state index contributed by atoms with van der Waals surface area (Å²) < 4.78 is 62.1. The number of carbonyl (C=O) groups excluding carboxylic acids is 3. The predicted molar refractivity (Wildman–Crippen MR) is 196 cm³/mol. The molecule has 1 fully saturated rings. The summed E-state index contributed by atoms with van der Waals surface area (Å²) in [5, 5.41) is 26.4. The highest BCUT2D eigenvalue weighted by Gasteiger charge is 2.50. The van der Waals surface area contributed by atoms with Gasteiger partial charge in [0, 0.05) is 37.1 Å². The van der Waals surface area contributed by atoms with Gasteiger partial charge >= 0.3 is 23.5 Å². The van der Waals surface area contributed by atoms with Crippen molar-refractivity contribution in [2.24, 2.45) is 11.3 Å². The molecular formula is C28H48N7O17P3S. The third-order valence-corrected chi connectivity index (χ3v) is 12.0. The summed E-state index contributed by atoms with van der Waals surface area (Å²) in [5.41, 5.74) is 4.27. The smallest absolute Gasteiger partial charge is 0.386 e. The molecule has 0 saturated carbocycles. The molecule has 0 bridgehead atoms. The highest BCUT2D eigenvalue weighted by Crippen LogP contribution is 2.61. The lowest BCUT2D eigenvalue weighted by atomic mass is 9.87. The van der Waals surface area contributed by atoms with Gasteiger partial charge in [0.25, 0.3) is 0 Å². The summed E-state index contributed by atoms with van der Waals surface area (Å²) in [6.45, 7) is 4.70. The normalized spacial score (nSPS) is 21.8. The van der Waals surface area contributed by atoms with Crippen LogP contribution in [0.3, 0.4) is 0 Å². The van der Waals surface area contributed by atoms with Gasteiger partial charge in [-0.25, -0.2) is 28.6 Å². The van der Waals surface area contributed by atoms with E-state index in [0.717, 1.165) is 41.8 Å². The Hall–Kier alpha value is -2.44. The van der Waals surface area contributed by atoms with E-state index in [1.165, 1.54) is 13.8 Å². The molecule has 24 nitrogen and oxygen atoms in total. The monoisotopic (exact) mass is 879 g/mol. The van der Waals surface area contributed by atoms with E-state index in [2.05, 4.69) is 48.3 Å². The number of hydrogen-bond donors (Lipinski definition) is 9. The third-order valence-electron chi connectivity index (χ3n) is 7.93. The van der Waals surface area contributed by atoms with Crippen LogP contribution in [0, 0.1) is 11.3 Å². The van der Waals surface area contributed by atoms with Crippen LogP contribution in [-0.2, 0) is 50.7 Å². The van der Waals surface area contributed by atoms with Gasteiger partial charge in [-0.3, -0.25) is 32.5 Å². The molecule has 2 amide bonds. The van der Waals surface area contributed by atoms with Crippen molar-refractivity contribution in [3.8, 4) is 0 Å². The lowest BCUT2D eigenvalue weighted by Crippen LogP contribution is -2.46. The summed E-state index contributed by atoms with van der Waals surface area (Å²) in [6.07, 6.45) is -4.68. The molecule has 3 heterocycles. The van der Waals surface area contributed by atoms with Gasteiger partial charge in [0.05, 0.1) is 19.5 Å². The van der Waals surface area contributed by atoms with E-state index in [0.29, 0.717) is 18.1 Å². The number of anilines is 1. The zero-order chi connectivity index (χ0) is 42.1. The van der Waals surface area contributed by atoms with E-state index in [-0.39, 0.29) is 41.6 Å². The fourth-order valence-electron chi connectivity index (χ4n) is 5.02. The zero-order valence-electron chi connectivity index (χ0n) is 30.8. The first kappa shape index (κ1) is 47.9. The number of hydrogen-bond acceptors (Lipinski definition) is 18. The maximum atomic E-state index is 12.7. The first-order valence-electron chi connectivity index (χ1n) is 17.0. The molecule has 3 rings (SSSR count). The van der Waals surface area contributed by atoms with Crippen molar-refractivity contribution in [3.63, 3.8) is 0 Å². The molecule has 28 heteroatoms. The summed E-state index contributed by atoms with van der Waals surface area (Å²) in [5.74, 6) is -0.538. The summed E-state index contributed by atoms with van der Waals surface area (Å²) in [7, 11) is -16.4. The molecule has 2 unspecified atom stereocenters. The number of aliphatic hydroxyl groups is 2. The fraction of sp³-hybridized carbons (Fsp3) is 0.714. The second-order valence-electron chi connectivity index (χ2n) is 13.6. The quantitative estimate of drug-likeness (QED) is 0.0542. The lowest BCUT2D eigenvalue weighted by molar-refractivity contribution is -0.137. The van der Waals surface area contributed by atoms with Crippen molar-refractivity contribution in [1.82, 2.24) is 30.2 Å². The average Bonchev–Trinajstić information content (AvgIpc) is 3.64. The second-order valence-corrected chi connectivity index (χ2v) is 19.0. The first-order chi connectivity index (χ1) is 25.9. The van der Waals surface area contributed by atoms with Gasteiger partial charge in [0.1, 0.15) is 36.3 Å². The Bertz CT molecular complexity index is 1810. The molecule has 7 atom stereocenters. The van der Waals surface area contributed by atoms with Gasteiger partial charge in [0.15, 0.2) is 22.8 Å². The van der Waals surface area contributed by atoms with Gasteiger partial charge < -0.3 is 50.9 Å². The van der Waals surface area contributed by atoms with Crippen LogP contribution in [0.2, 0.25) is 0 Å². The number of aliphatic hydroxyl groups excluding tert-OH is 2. The van der Waals surface area contributed by atoms with E-state index >= 15 is 0 Å². The minimum atomic E-state index is -5.57. The number of imidazole rings is 1. The number of rotatable bonds is 23. The Morgan fingerprint density at radius 2 is 1.71 bits per heavy atom. The number of phosphoric ester groups is 3. The number of fused-ring (bicyclic) bond motifs is 1. The number of nitrogens with zero attached hydrogens (tertiary/aromatic N) is 4. The predicted octanol–water partition coefficient (Wildman–Crippen LogP) is 0.491. The Morgan fingerprint density at radius 1 is 1.04 bits per heavy atom. The molecule has 2 aromatic heterocycles. The van der Waals surface area contributed by atoms with E-state index in [9.17, 15) is 57.9 Å². The largest absolute Gasteiger partial charge is 0.481 e. The third kappa shape index (κ3) is 15.1. The van der Waals surface area contributed by atoms with Crippen LogP contribution in [0.25, 0.3) is 11.2 Å². The highest BCUT2D eigenvalue weighted by atomic mass is 32.2. The van der Waals surface area contributed by atoms with Crippen LogP contribution in [0.4, 0.5) is 5.82 Å². The number of nitrogens with one attached hydrogen (secondary N) is 2. The maximum absolute atomic E-state index is 12.7. The van der Waals surface area contributed by atoms with Gasteiger partial charge in [-0.05, 0) is 12.3 Å². The zero-order valence-corrected chi connectivity index (χ0v) is 34.3. The van der Waals surface area contributed by atoms with Crippen molar-refractivity contribution in [2.45, 2.75) is 84.0 Å². The molecule has 2 aromatic rings. The van der Waals surface area contributed by atoms with E-state index < -0.39 is 84.6 Å². The Kier molecular flexibility index (Phi) is 17.5. The number of nitrogen functional groups attached to an aromatic ring is 1. The van der Waals surface area contributed by atoms with Gasteiger partial charge in [-0.2, -0.15) is 4.31 Å². The van der Waals surface area contributed by atoms with Crippen molar-refractivity contribution in [3.05, 3.63) is 12.7 Å². The van der Waals surface area contributed by atoms with Crippen molar-refractivity contribution in [1.29, 1.82) is 0 Å². The van der Waals surface area contributed by atoms with E-state index in [1.54, 1.807) is 0 Å². The highest BCUT2D eigenvalue weighted by molar-refractivity contribution is 8.13. The number of thioether (sulfide) groups is 1. The molecular weight excluding hydrogens is 831 g/mol. The van der Waals surface area contributed by atoms with Crippen molar-refractivity contribution >= 4 is 69.1 Å². The van der Waals surface area contributed by atoms with Crippen molar-refractivity contribution in [2.75, 3.05) is 37.8 Å². The first-order valence-corrected chi connectivity index (χ1v) is 22.5. The SMILES string of the molecule is CC(C)CCCC(=O)SCCNC(=O)CCNC(=O)[C@@H](O)C(C)(C)COP(=O)(O)OP(=O)(O)OC[C@@H]1O[C@H](n2cnc3c(N)ncnc32)[C@@H](O)[C@H]1OP(=O)(O)O. The average molecular weight is 880 g/mol. The van der Waals surface area contributed by atoms with E-state index in [1.807, 2.05) is 0 Å². The van der Waals surface area contributed by atoms with Crippen molar-refractivity contribution < 1.29 is 80.5 Å². The Balaban J connectivity index is 1.47. The minimum absolute atomic E-state index is 0.0319. The van der Waals surface area contributed by atoms with Crippen LogP contribution in [0.5, 0.6) is 0 Å². The molecule has 10 N–H and O–H groups in total. The number of ether oxygens (including phenoxy) is 1. The molecule has 0 aromatic carbocycles. The van der Waals surface area contributed by atoms with Crippen LogP contribution < -0.4 is 16.4 Å². The molecule has 1 aliphatic rings. The lowest BCUT2D eigenvalue weighted by Gasteiger charge is -2.30. The Morgan fingerprint density at radius 3 is 2.38 bits per heavy atom. The fourth-order valence-corrected chi connectivity index (χ4v) is 8.57. The number of nitrogens with two attached hydrogens (primary N) is 1. The number of carbonyl (C=O) groups is 3. The van der Waals surface area contributed by atoms with Gasteiger partial charge in [-0.1, -0.05) is 45.9 Å².